The Morgan fingerprint density at radius 2 is 2.14 bits per heavy atom. The van der Waals surface area contributed by atoms with E-state index in [0.717, 1.165) is 6.20 Å². The first kappa shape index (κ1) is 10.6. The molecule has 0 aromatic carbocycles. The van der Waals surface area contributed by atoms with Gasteiger partial charge in [0.05, 0.1) is 23.6 Å². The van der Waals surface area contributed by atoms with E-state index in [1.165, 1.54) is 6.20 Å². The van der Waals surface area contributed by atoms with Gasteiger partial charge >= 0.3 is 0 Å². The molecule has 0 atom stereocenters. The van der Waals surface area contributed by atoms with Gasteiger partial charge in [0, 0.05) is 13.1 Å². The Bertz CT molecular complexity index is 339. The van der Waals surface area contributed by atoms with Crippen LogP contribution in [0.3, 0.4) is 0 Å². The molecule has 0 saturated heterocycles. The Balaban J connectivity index is 3.20. The highest BCUT2D eigenvalue weighted by molar-refractivity contribution is 5.84. The lowest BCUT2D eigenvalue weighted by Crippen LogP contribution is -2.27. The van der Waals surface area contributed by atoms with Crippen LogP contribution < -0.4 is 4.90 Å². The molecule has 76 valence electrons. The van der Waals surface area contributed by atoms with Crippen LogP contribution in [-0.4, -0.2) is 24.4 Å². The van der Waals surface area contributed by atoms with Gasteiger partial charge in [-0.05, 0) is 13.8 Å². The number of carbonyl (C=O) groups is 1. The molecule has 0 amide bonds. The number of anilines is 1. The summed E-state index contributed by atoms with van der Waals surface area (Å²) in [5, 5.41) is 0. The molecule has 0 radical (unpaired) electrons. The van der Waals surface area contributed by atoms with Gasteiger partial charge in [0.2, 0.25) is 0 Å². The number of nitrogens with zero attached hydrogens (tertiary/aromatic N) is 2. The van der Waals surface area contributed by atoms with Crippen molar-refractivity contribution in [3.63, 3.8) is 0 Å². The molecular formula is C10H13FN2O. The van der Waals surface area contributed by atoms with Crippen molar-refractivity contribution in [3.8, 4) is 0 Å². The van der Waals surface area contributed by atoms with Crippen LogP contribution >= 0.6 is 0 Å². The van der Waals surface area contributed by atoms with E-state index in [0.29, 0.717) is 12.0 Å². The molecule has 14 heavy (non-hydrogen) atoms. The lowest BCUT2D eigenvalue weighted by atomic mass is 10.2. The maximum Gasteiger partial charge on any atom is 0.155 e. The average Bonchev–Trinajstić information content (AvgIpc) is 2.16. The van der Waals surface area contributed by atoms with Crippen LogP contribution in [0.25, 0.3) is 0 Å². The van der Waals surface area contributed by atoms with Crippen molar-refractivity contribution >= 4 is 12.0 Å². The molecule has 0 spiro atoms. The van der Waals surface area contributed by atoms with Crippen molar-refractivity contribution in [2.75, 3.05) is 11.9 Å². The number of rotatable bonds is 3. The minimum Gasteiger partial charge on any atom is -0.370 e. The van der Waals surface area contributed by atoms with Crippen molar-refractivity contribution in [1.82, 2.24) is 4.98 Å². The van der Waals surface area contributed by atoms with Gasteiger partial charge in [0.1, 0.15) is 0 Å². The van der Waals surface area contributed by atoms with Crippen molar-refractivity contribution in [1.29, 1.82) is 0 Å². The fourth-order valence-corrected chi connectivity index (χ4v) is 1.11. The normalized spacial score (nSPS) is 10.4. The number of carbonyl (C=O) groups excluding carboxylic acids is 1. The summed E-state index contributed by atoms with van der Waals surface area (Å²) in [6, 6.07) is 0.192. The minimum atomic E-state index is -0.579. The summed E-state index contributed by atoms with van der Waals surface area (Å²) in [5.41, 5.74) is 0.589. The van der Waals surface area contributed by atoms with E-state index >= 15 is 0 Å². The smallest absolute Gasteiger partial charge is 0.155 e. The zero-order chi connectivity index (χ0) is 10.7. The summed E-state index contributed by atoms with van der Waals surface area (Å²) in [5.74, 6) is -0.579. The van der Waals surface area contributed by atoms with Crippen LogP contribution in [0.4, 0.5) is 10.1 Å². The lowest BCUT2D eigenvalue weighted by molar-refractivity contribution is 0.112. The maximum atomic E-state index is 13.2. The van der Waals surface area contributed by atoms with E-state index in [-0.39, 0.29) is 11.6 Å². The number of halogens is 1. The number of hydrogen-bond acceptors (Lipinski definition) is 3. The molecule has 0 aliphatic heterocycles. The quantitative estimate of drug-likeness (QED) is 0.692. The zero-order valence-electron chi connectivity index (χ0n) is 8.49. The molecule has 0 aliphatic carbocycles. The van der Waals surface area contributed by atoms with Gasteiger partial charge in [0.15, 0.2) is 12.1 Å². The first-order valence-electron chi connectivity index (χ1n) is 4.39. The molecule has 0 fully saturated rings. The first-order valence-corrected chi connectivity index (χ1v) is 4.39. The van der Waals surface area contributed by atoms with Crippen LogP contribution in [-0.2, 0) is 0 Å². The molecule has 4 heteroatoms. The molecule has 0 aliphatic rings. The fraction of sp³-hybridized carbons (Fsp3) is 0.400. The van der Waals surface area contributed by atoms with Crippen molar-refractivity contribution in [2.24, 2.45) is 0 Å². The van der Waals surface area contributed by atoms with Gasteiger partial charge < -0.3 is 4.90 Å². The Morgan fingerprint density at radius 3 is 2.64 bits per heavy atom. The van der Waals surface area contributed by atoms with Crippen LogP contribution in [0.15, 0.2) is 12.4 Å². The fourth-order valence-electron chi connectivity index (χ4n) is 1.11. The summed E-state index contributed by atoms with van der Waals surface area (Å²) in [4.78, 5) is 16.2. The van der Waals surface area contributed by atoms with E-state index in [2.05, 4.69) is 4.98 Å². The third-order valence-corrected chi connectivity index (χ3v) is 2.19. The summed E-state index contributed by atoms with van der Waals surface area (Å²) in [6.07, 6.45) is 3.06. The highest BCUT2D eigenvalue weighted by Gasteiger charge is 2.13. The van der Waals surface area contributed by atoms with Crippen LogP contribution in [0.5, 0.6) is 0 Å². The van der Waals surface area contributed by atoms with Gasteiger partial charge in [-0.2, -0.15) is 0 Å². The van der Waals surface area contributed by atoms with Gasteiger partial charge in [-0.3, -0.25) is 9.78 Å². The molecular weight excluding hydrogens is 183 g/mol. The molecule has 1 aromatic heterocycles. The Labute approximate surface area is 82.6 Å². The van der Waals surface area contributed by atoms with E-state index in [1.807, 2.05) is 13.8 Å². The summed E-state index contributed by atoms with van der Waals surface area (Å²) in [6.45, 7) is 3.92. The maximum absolute atomic E-state index is 13.2. The van der Waals surface area contributed by atoms with Crippen molar-refractivity contribution in [2.45, 2.75) is 19.9 Å². The molecule has 3 nitrogen and oxygen atoms in total. The monoisotopic (exact) mass is 196 g/mol. The van der Waals surface area contributed by atoms with E-state index < -0.39 is 5.82 Å². The SMILES string of the molecule is CC(C)N(C)c1cncc(F)c1C=O. The molecule has 0 bridgehead atoms. The number of aldehydes is 1. The Hall–Kier alpha value is -1.45. The van der Waals surface area contributed by atoms with Gasteiger partial charge in [-0.1, -0.05) is 0 Å². The number of hydrogen-bond donors (Lipinski definition) is 0. The topological polar surface area (TPSA) is 33.2 Å². The highest BCUT2D eigenvalue weighted by atomic mass is 19.1. The molecule has 1 heterocycles. The molecule has 1 rings (SSSR count). The van der Waals surface area contributed by atoms with Crippen molar-refractivity contribution < 1.29 is 9.18 Å². The number of pyridine rings is 1. The Morgan fingerprint density at radius 1 is 1.50 bits per heavy atom. The second-order valence-corrected chi connectivity index (χ2v) is 3.38. The number of aromatic nitrogens is 1. The largest absolute Gasteiger partial charge is 0.370 e. The van der Waals surface area contributed by atoms with E-state index in [4.69, 9.17) is 0 Å². The molecule has 0 saturated carbocycles. The standard InChI is InChI=1S/C10H13FN2O/c1-7(2)13(3)10-5-12-4-9(11)8(10)6-14/h4-7H,1-3H3. The predicted molar refractivity (Wildman–Crippen MR) is 53.1 cm³/mol. The second-order valence-electron chi connectivity index (χ2n) is 3.38. The molecule has 0 unspecified atom stereocenters. The second kappa shape index (κ2) is 4.17. The summed E-state index contributed by atoms with van der Waals surface area (Å²) in [7, 11) is 1.80. The van der Waals surface area contributed by atoms with Gasteiger partial charge in [-0.25, -0.2) is 4.39 Å². The van der Waals surface area contributed by atoms with Gasteiger partial charge in [-0.15, -0.1) is 0 Å². The highest BCUT2D eigenvalue weighted by Crippen LogP contribution is 2.20. The lowest BCUT2D eigenvalue weighted by Gasteiger charge is -2.24. The molecule has 0 N–H and O–H groups in total. The third-order valence-electron chi connectivity index (χ3n) is 2.19. The Kier molecular flexibility index (Phi) is 3.17. The van der Waals surface area contributed by atoms with E-state index in [1.54, 1.807) is 11.9 Å². The van der Waals surface area contributed by atoms with Crippen LogP contribution in [0.1, 0.15) is 24.2 Å². The van der Waals surface area contributed by atoms with E-state index in [9.17, 15) is 9.18 Å². The summed E-state index contributed by atoms with van der Waals surface area (Å²) < 4.78 is 13.2. The third kappa shape index (κ3) is 1.89. The van der Waals surface area contributed by atoms with Crippen LogP contribution in [0, 0.1) is 5.82 Å². The summed E-state index contributed by atoms with van der Waals surface area (Å²) >= 11 is 0. The van der Waals surface area contributed by atoms with Crippen LogP contribution in [0.2, 0.25) is 0 Å². The molecule has 1 aromatic rings. The van der Waals surface area contributed by atoms with Gasteiger partial charge in [0.25, 0.3) is 0 Å². The average molecular weight is 196 g/mol. The predicted octanol–water partition coefficient (Wildman–Crippen LogP) is 1.88. The zero-order valence-corrected chi connectivity index (χ0v) is 8.49. The van der Waals surface area contributed by atoms with Crippen molar-refractivity contribution in [3.05, 3.63) is 23.8 Å². The first-order chi connectivity index (χ1) is 6.57. The minimum absolute atomic E-state index is 0.0659.